The van der Waals surface area contributed by atoms with Gasteiger partial charge in [0.05, 0.1) is 6.04 Å². The fourth-order valence-electron chi connectivity index (χ4n) is 4.21. The lowest BCUT2D eigenvalue weighted by Gasteiger charge is -2.39. The molecule has 0 unspecified atom stereocenters. The van der Waals surface area contributed by atoms with Gasteiger partial charge in [-0.05, 0) is 24.1 Å². The van der Waals surface area contributed by atoms with E-state index in [4.69, 9.17) is 0 Å². The third kappa shape index (κ3) is 3.80. The van der Waals surface area contributed by atoms with Gasteiger partial charge in [0, 0.05) is 38.1 Å². The van der Waals surface area contributed by atoms with Crippen molar-refractivity contribution in [2.75, 3.05) is 26.2 Å². The molecule has 0 bridgehead atoms. The molecule has 7 nitrogen and oxygen atoms in total. The molecule has 5 rings (SSSR count). The van der Waals surface area contributed by atoms with Crippen molar-refractivity contribution >= 4 is 11.7 Å². The molecule has 2 aromatic heterocycles. The van der Waals surface area contributed by atoms with Gasteiger partial charge in [-0.2, -0.15) is 4.98 Å². The first-order valence-electron chi connectivity index (χ1n) is 10.5. The first-order chi connectivity index (χ1) is 15.2. The van der Waals surface area contributed by atoms with Crippen LogP contribution in [0.25, 0.3) is 5.78 Å². The number of nitrogens with zero attached hydrogens (tertiary/aromatic N) is 6. The van der Waals surface area contributed by atoms with Gasteiger partial charge in [0.25, 0.3) is 11.7 Å². The molecule has 0 spiro atoms. The van der Waals surface area contributed by atoms with Crippen molar-refractivity contribution < 1.29 is 4.79 Å². The SMILES string of the molecule is Cc1ccnc2nc(C(=O)N3CCN(C(c4ccccc4)c4ccccc4)CC3)nn12. The van der Waals surface area contributed by atoms with Gasteiger partial charge in [0.15, 0.2) is 0 Å². The lowest BCUT2D eigenvalue weighted by Crippen LogP contribution is -2.50. The van der Waals surface area contributed by atoms with E-state index < -0.39 is 0 Å². The van der Waals surface area contributed by atoms with Gasteiger partial charge in [0.1, 0.15) is 0 Å². The Kier molecular flexibility index (Phi) is 5.18. The van der Waals surface area contributed by atoms with Crippen molar-refractivity contribution in [3.05, 3.63) is 95.6 Å². The van der Waals surface area contributed by atoms with Crippen molar-refractivity contribution in [2.45, 2.75) is 13.0 Å². The van der Waals surface area contributed by atoms with Gasteiger partial charge in [-0.25, -0.2) is 9.50 Å². The van der Waals surface area contributed by atoms with Gasteiger partial charge in [-0.1, -0.05) is 60.7 Å². The lowest BCUT2D eigenvalue weighted by atomic mass is 9.96. The number of piperazine rings is 1. The second kappa shape index (κ2) is 8.28. The van der Waals surface area contributed by atoms with Gasteiger partial charge in [-0.3, -0.25) is 9.69 Å². The first kappa shape index (κ1) is 19.4. The highest BCUT2D eigenvalue weighted by Gasteiger charge is 2.30. The number of hydrogen-bond acceptors (Lipinski definition) is 5. The summed E-state index contributed by atoms with van der Waals surface area (Å²) in [5.41, 5.74) is 3.42. The van der Waals surface area contributed by atoms with Crippen molar-refractivity contribution in [1.29, 1.82) is 0 Å². The molecular formula is C24H24N6O. The van der Waals surface area contributed by atoms with Crippen LogP contribution in [-0.2, 0) is 0 Å². The zero-order chi connectivity index (χ0) is 21.2. The molecule has 1 aliphatic heterocycles. The molecule has 2 aromatic carbocycles. The Bertz CT molecular complexity index is 1140. The van der Waals surface area contributed by atoms with Crippen molar-refractivity contribution in [2.24, 2.45) is 0 Å². The zero-order valence-electron chi connectivity index (χ0n) is 17.4. The first-order valence-corrected chi connectivity index (χ1v) is 10.5. The largest absolute Gasteiger partial charge is 0.333 e. The summed E-state index contributed by atoms with van der Waals surface area (Å²) < 4.78 is 1.62. The maximum absolute atomic E-state index is 13.0. The molecule has 1 amide bonds. The normalized spacial score (nSPS) is 15.0. The van der Waals surface area contributed by atoms with Crippen LogP contribution in [0.3, 0.4) is 0 Å². The molecule has 0 aliphatic carbocycles. The van der Waals surface area contributed by atoms with Crippen LogP contribution in [-0.4, -0.2) is 61.5 Å². The minimum Gasteiger partial charge on any atom is -0.333 e. The minimum absolute atomic E-state index is 0.138. The maximum atomic E-state index is 13.0. The quantitative estimate of drug-likeness (QED) is 0.516. The molecule has 1 fully saturated rings. The number of aromatic nitrogens is 4. The van der Waals surface area contributed by atoms with Crippen LogP contribution in [0.5, 0.6) is 0 Å². The van der Waals surface area contributed by atoms with E-state index in [9.17, 15) is 4.79 Å². The maximum Gasteiger partial charge on any atom is 0.293 e. The van der Waals surface area contributed by atoms with Crippen LogP contribution in [0.15, 0.2) is 72.9 Å². The summed E-state index contributed by atoms with van der Waals surface area (Å²) >= 11 is 0. The van der Waals surface area contributed by atoms with E-state index in [0.717, 1.165) is 18.8 Å². The average molecular weight is 412 g/mol. The highest BCUT2D eigenvalue weighted by molar-refractivity contribution is 5.91. The molecule has 4 aromatic rings. The smallest absolute Gasteiger partial charge is 0.293 e. The van der Waals surface area contributed by atoms with Gasteiger partial charge < -0.3 is 4.90 Å². The van der Waals surface area contributed by atoms with Crippen LogP contribution in [0, 0.1) is 6.92 Å². The van der Waals surface area contributed by atoms with E-state index >= 15 is 0 Å². The summed E-state index contributed by atoms with van der Waals surface area (Å²) in [6.07, 6.45) is 1.68. The standard InChI is InChI=1S/C24H24N6O/c1-18-12-13-25-24-26-22(27-30(18)24)23(31)29-16-14-28(15-17-29)21(19-8-4-2-5-9-19)20-10-6-3-7-11-20/h2-13,21H,14-17H2,1H3. The second-order valence-corrected chi connectivity index (χ2v) is 7.79. The summed E-state index contributed by atoms with van der Waals surface area (Å²) in [4.78, 5) is 25.9. The summed E-state index contributed by atoms with van der Waals surface area (Å²) in [6.45, 7) is 4.76. The lowest BCUT2D eigenvalue weighted by molar-refractivity contribution is 0.0586. The Morgan fingerprint density at radius 2 is 1.48 bits per heavy atom. The number of rotatable bonds is 4. The van der Waals surface area contributed by atoms with Crippen molar-refractivity contribution in [3.63, 3.8) is 0 Å². The number of hydrogen-bond donors (Lipinski definition) is 0. The van der Waals surface area contributed by atoms with E-state index in [1.54, 1.807) is 10.7 Å². The van der Waals surface area contributed by atoms with Crippen LogP contribution in [0.1, 0.15) is 33.5 Å². The Morgan fingerprint density at radius 1 is 0.871 bits per heavy atom. The van der Waals surface area contributed by atoms with E-state index in [0.29, 0.717) is 18.9 Å². The third-order valence-corrected chi connectivity index (χ3v) is 5.82. The van der Waals surface area contributed by atoms with E-state index in [1.165, 1.54) is 11.1 Å². The molecule has 0 atom stereocenters. The van der Waals surface area contributed by atoms with Crippen LogP contribution in [0.2, 0.25) is 0 Å². The number of carbonyl (C=O) groups excluding carboxylic acids is 1. The Hall–Kier alpha value is -3.58. The molecule has 156 valence electrons. The fourth-order valence-corrected chi connectivity index (χ4v) is 4.21. The Labute approximate surface area is 181 Å². The Balaban J connectivity index is 1.34. The predicted octanol–water partition coefficient (Wildman–Crippen LogP) is 2.98. The highest BCUT2D eigenvalue weighted by Crippen LogP contribution is 2.29. The van der Waals surface area contributed by atoms with Crippen LogP contribution < -0.4 is 0 Å². The van der Waals surface area contributed by atoms with Gasteiger partial charge in [-0.15, -0.1) is 5.10 Å². The van der Waals surface area contributed by atoms with Crippen LogP contribution in [0.4, 0.5) is 0 Å². The second-order valence-electron chi connectivity index (χ2n) is 7.79. The zero-order valence-corrected chi connectivity index (χ0v) is 17.4. The van der Waals surface area contributed by atoms with E-state index in [-0.39, 0.29) is 17.8 Å². The summed E-state index contributed by atoms with van der Waals surface area (Å²) in [6, 6.07) is 23.1. The number of carbonyl (C=O) groups is 1. The molecule has 31 heavy (non-hydrogen) atoms. The number of aryl methyl sites for hydroxylation is 1. The number of benzene rings is 2. The topological polar surface area (TPSA) is 66.6 Å². The molecule has 0 N–H and O–H groups in total. The highest BCUT2D eigenvalue weighted by atomic mass is 16.2. The van der Waals surface area contributed by atoms with Crippen LogP contribution >= 0.6 is 0 Å². The summed E-state index contributed by atoms with van der Waals surface area (Å²) in [7, 11) is 0. The molecule has 1 aliphatic rings. The molecule has 0 saturated carbocycles. The monoisotopic (exact) mass is 412 g/mol. The number of fused-ring (bicyclic) bond motifs is 1. The minimum atomic E-state index is -0.138. The predicted molar refractivity (Wildman–Crippen MR) is 118 cm³/mol. The van der Waals surface area contributed by atoms with Crippen molar-refractivity contribution in [3.8, 4) is 0 Å². The molecular weight excluding hydrogens is 388 g/mol. The Morgan fingerprint density at radius 3 is 2.06 bits per heavy atom. The fraction of sp³-hybridized carbons (Fsp3) is 0.250. The molecule has 3 heterocycles. The number of amides is 1. The summed E-state index contributed by atoms with van der Waals surface area (Å²) in [5.74, 6) is 0.522. The van der Waals surface area contributed by atoms with Gasteiger partial charge >= 0.3 is 0 Å². The molecule has 0 radical (unpaired) electrons. The average Bonchev–Trinajstić information content (AvgIpc) is 3.27. The molecule has 7 heteroatoms. The summed E-state index contributed by atoms with van der Waals surface area (Å²) in [5, 5.41) is 4.37. The van der Waals surface area contributed by atoms with E-state index in [1.807, 2.05) is 30.0 Å². The van der Waals surface area contributed by atoms with Gasteiger partial charge in [0.2, 0.25) is 5.82 Å². The van der Waals surface area contributed by atoms with Crippen molar-refractivity contribution in [1.82, 2.24) is 29.4 Å². The van der Waals surface area contributed by atoms with E-state index in [2.05, 4.69) is 68.5 Å². The molecule has 1 saturated heterocycles. The third-order valence-electron chi connectivity index (χ3n) is 5.82.